The maximum absolute atomic E-state index is 13.0. The molecular weight excluding hydrogens is 404 g/mol. The third kappa shape index (κ3) is 3.84. The number of aliphatic hydroxyl groups excluding tert-OH is 1. The second kappa shape index (κ2) is 8.91. The number of hydrogen-bond donors (Lipinski definition) is 1. The quantitative estimate of drug-likeness (QED) is 0.532. The van der Waals surface area contributed by atoms with Crippen LogP contribution < -0.4 is 14.2 Å². The van der Waals surface area contributed by atoms with Gasteiger partial charge in [0.15, 0.2) is 11.5 Å². The lowest BCUT2D eigenvalue weighted by Crippen LogP contribution is -2.28. The number of methoxy groups -OCH3 is 4. The zero-order valence-corrected chi connectivity index (χ0v) is 17.6. The number of ketones is 2. The summed E-state index contributed by atoms with van der Waals surface area (Å²) in [5, 5.41) is 10.9. The van der Waals surface area contributed by atoms with E-state index in [0.29, 0.717) is 22.8 Å². The average molecular weight is 426 g/mol. The number of ether oxygens (including phenoxy) is 4. The molecule has 162 valence electrons. The van der Waals surface area contributed by atoms with Crippen LogP contribution in [0, 0.1) is 0 Å². The molecule has 0 saturated carbocycles. The lowest BCUT2D eigenvalue weighted by atomic mass is 9.78. The van der Waals surface area contributed by atoms with Crippen LogP contribution in [0.5, 0.6) is 17.2 Å². The van der Waals surface area contributed by atoms with Gasteiger partial charge in [-0.1, -0.05) is 24.3 Å². The fourth-order valence-corrected chi connectivity index (χ4v) is 3.65. The van der Waals surface area contributed by atoms with E-state index in [2.05, 4.69) is 0 Å². The molecule has 0 radical (unpaired) electrons. The smallest absolute Gasteiger partial charge is 0.306 e. The van der Waals surface area contributed by atoms with Crippen LogP contribution in [-0.4, -0.2) is 51.1 Å². The molecule has 0 aliphatic heterocycles. The van der Waals surface area contributed by atoms with Crippen LogP contribution in [0.4, 0.5) is 0 Å². The van der Waals surface area contributed by atoms with Crippen LogP contribution >= 0.6 is 0 Å². The van der Waals surface area contributed by atoms with Crippen LogP contribution in [0.3, 0.4) is 0 Å². The minimum atomic E-state index is -0.994. The Labute approximate surface area is 179 Å². The fourth-order valence-electron chi connectivity index (χ4n) is 3.65. The first kappa shape index (κ1) is 21.9. The van der Waals surface area contributed by atoms with E-state index in [9.17, 15) is 19.5 Å². The summed E-state index contributed by atoms with van der Waals surface area (Å²) in [5.41, 5.74) is 0.547. The van der Waals surface area contributed by atoms with Crippen LogP contribution in [0.15, 0.2) is 42.0 Å². The molecule has 8 nitrogen and oxygen atoms in total. The number of fused-ring (bicyclic) bond motifs is 1. The molecule has 2 aromatic carbocycles. The Morgan fingerprint density at radius 2 is 1.48 bits per heavy atom. The van der Waals surface area contributed by atoms with E-state index in [4.69, 9.17) is 18.9 Å². The van der Waals surface area contributed by atoms with Crippen molar-refractivity contribution in [2.75, 3.05) is 28.4 Å². The number of esters is 1. The molecule has 1 aliphatic rings. The summed E-state index contributed by atoms with van der Waals surface area (Å²) in [6, 6.07) is 9.38. The zero-order chi connectivity index (χ0) is 22.7. The lowest BCUT2D eigenvalue weighted by Gasteiger charge is -2.25. The Balaban J connectivity index is 2.27. The van der Waals surface area contributed by atoms with Gasteiger partial charge >= 0.3 is 5.97 Å². The molecule has 2 aromatic rings. The third-order valence-electron chi connectivity index (χ3n) is 5.17. The van der Waals surface area contributed by atoms with Gasteiger partial charge < -0.3 is 24.1 Å². The van der Waals surface area contributed by atoms with Gasteiger partial charge in [0.05, 0.1) is 40.4 Å². The summed E-state index contributed by atoms with van der Waals surface area (Å²) in [4.78, 5) is 37.9. The Morgan fingerprint density at radius 1 is 0.903 bits per heavy atom. The highest BCUT2D eigenvalue weighted by Crippen LogP contribution is 2.44. The Bertz CT molecular complexity index is 1060. The molecule has 1 N–H and O–H groups in total. The fraction of sp³-hybridized carbons (Fsp3) is 0.261. The van der Waals surface area contributed by atoms with Crippen molar-refractivity contribution in [1.29, 1.82) is 0 Å². The van der Waals surface area contributed by atoms with E-state index >= 15 is 0 Å². The average Bonchev–Trinajstić information content (AvgIpc) is 2.80. The summed E-state index contributed by atoms with van der Waals surface area (Å²) in [5.74, 6) is -2.72. The van der Waals surface area contributed by atoms with Gasteiger partial charge in [0.2, 0.25) is 17.3 Å². The molecule has 0 fully saturated rings. The summed E-state index contributed by atoms with van der Waals surface area (Å²) >= 11 is 0. The van der Waals surface area contributed by atoms with Crippen LogP contribution in [0.2, 0.25) is 0 Å². The van der Waals surface area contributed by atoms with Crippen molar-refractivity contribution in [3.63, 3.8) is 0 Å². The van der Waals surface area contributed by atoms with Gasteiger partial charge in [-0.2, -0.15) is 0 Å². The highest BCUT2D eigenvalue weighted by Gasteiger charge is 2.39. The molecular formula is C23H22O8. The topological polar surface area (TPSA) is 108 Å². The van der Waals surface area contributed by atoms with E-state index in [1.807, 2.05) is 0 Å². The van der Waals surface area contributed by atoms with Crippen molar-refractivity contribution < 1.29 is 38.4 Å². The number of carbonyl (C=O) groups is 3. The number of rotatable bonds is 7. The molecule has 31 heavy (non-hydrogen) atoms. The van der Waals surface area contributed by atoms with Gasteiger partial charge in [-0.3, -0.25) is 14.4 Å². The van der Waals surface area contributed by atoms with Crippen molar-refractivity contribution >= 4 is 23.3 Å². The third-order valence-corrected chi connectivity index (χ3v) is 5.17. The van der Waals surface area contributed by atoms with E-state index < -0.39 is 23.5 Å². The summed E-state index contributed by atoms with van der Waals surface area (Å²) in [6.07, 6.45) is -0.296. The van der Waals surface area contributed by atoms with Gasteiger partial charge in [0.1, 0.15) is 5.76 Å². The minimum absolute atomic E-state index is 0.107. The van der Waals surface area contributed by atoms with Crippen molar-refractivity contribution in [1.82, 2.24) is 0 Å². The minimum Gasteiger partial charge on any atom is -0.507 e. The van der Waals surface area contributed by atoms with E-state index in [0.717, 1.165) is 0 Å². The second-order valence-corrected chi connectivity index (χ2v) is 6.76. The SMILES string of the molecule is COC(=O)CC(C1=C(O)c2ccccc2C(=O)C1=O)c1cc(OC)c(OC)c(OC)c1. The summed E-state index contributed by atoms with van der Waals surface area (Å²) < 4.78 is 20.8. The lowest BCUT2D eigenvalue weighted by molar-refractivity contribution is -0.140. The number of Topliss-reactive ketones (excluding diaryl/α,β-unsaturated/α-hetero) is 2. The van der Waals surface area contributed by atoms with E-state index in [-0.39, 0.29) is 28.9 Å². The number of benzene rings is 2. The molecule has 0 aromatic heterocycles. The molecule has 3 rings (SSSR count). The Kier molecular flexibility index (Phi) is 6.29. The molecule has 0 saturated heterocycles. The Morgan fingerprint density at radius 3 is 2.00 bits per heavy atom. The molecule has 1 atom stereocenters. The van der Waals surface area contributed by atoms with Gasteiger partial charge in [-0.25, -0.2) is 0 Å². The number of hydrogen-bond acceptors (Lipinski definition) is 8. The van der Waals surface area contributed by atoms with Gasteiger partial charge in [0.25, 0.3) is 0 Å². The van der Waals surface area contributed by atoms with E-state index in [1.54, 1.807) is 30.3 Å². The number of aliphatic hydroxyl groups is 1. The largest absolute Gasteiger partial charge is 0.507 e. The predicted molar refractivity (Wildman–Crippen MR) is 111 cm³/mol. The maximum atomic E-state index is 13.0. The highest BCUT2D eigenvalue weighted by atomic mass is 16.5. The molecule has 0 heterocycles. The van der Waals surface area contributed by atoms with Crippen LogP contribution in [0.25, 0.3) is 5.76 Å². The second-order valence-electron chi connectivity index (χ2n) is 6.76. The van der Waals surface area contributed by atoms with Crippen molar-refractivity contribution in [3.8, 4) is 17.2 Å². The predicted octanol–water partition coefficient (Wildman–Crippen LogP) is 3.09. The summed E-state index contributed by atoms with van der Waals surface area (Å²) in [7, 11) is 5.52. The van der Waals surface area contributed by atoms with E-state index in [1.165, 1.54) is 34.5 Å². The van der Waals surface area contributed by atoms with Gasteiger partial charge in [-0.15, -0.1) is 0 Å². The zero-order valence-electron chi connectivity index (χ0n) is 17.6. The first-order valence-corrected chi connectivity index (χ1v) is 9.36. The maximum Gasteiger partial charge on any atom is 0.306 e. The van der Waals surface area contributed by atoms with Gasteiger partial charge in [-0.05, 0) is 17.7 Å². The van der Waals surface area contributed by atoms with Crippen LogP contribution in [-0.2, 0) is 14.3 Å². The molecule has 0 spiro atoms. The van der Waals surface area contributed by atoms with Crippen molar-refractivity contribution in [2.45, 2.75) is 12.3 Å². The van der Waals surface area contributed by atoms with Crippen molar-refractivity contribution in [2.24, 2.45) is 0 Å². The summed E-state index contributed by atoms with van der Waals surface area (Å²) in [6.45, 7) is 0. The number of allylic oxidation sites excluding steroid dienone is 1. The first-order valence-electron chi connectivity index (χ1n) is 9.36. The highest BCUT2D eigenvalue weighted by molar-refractivity contribution is 6.52. The number of carbonyl (C=O) groups excluding carboxylic acids is 3. The molecule has 1 aliphatic carbocycles. The normalized spacial score (nSPS) is 14.1. The molecule has 8 heteroatoms. The molecule has 1 unspecified atom stereocenters. The van der Waals surface area contributed by atoms with Gasteiger partial charge in [0, 0.05) is 17.0 Å². The molecule has 0 amide bonds. The van der Waals surface area contributed by atoms with Crippen LogP contribution in [0.1, 0.15) is 33.8 Å². The Hall–Kier alpha value is -3.81. The monoisotopic (exact) mass is 426 g/mol. The standard InChI is InChI=1S/C23H22O8/c1-28-16-9-12(10-17(29-2)23(16)31-4)15(11-18(24)30-3)19-20(25)13-7-5-6-8-14(13)21(26)22(19)27/h5-10,15,25H,11H2,1-4H3. The van der Waals surface area contributed by atoms with Crippen molar-refractivity contribution in [3.05, 3.63) is 58.7 Å². The first-order chi connectivity index (χ1) is 14.9. The molecule has 0 bridgehead atoms.